The number of carbonyl (C=O) groups excluding carboxylic acids is 2. The quantitative estimate of drug-likeness (QED) is 0.275. The molecule has 0 amide bonds. The molecule has 3 fully saturated rings. The molecule has 0 saturated heterocycles. The van der Waals surface area contributed by atoms with E-state index in [0.717, 1.165) is 51.4 Å². The molecule has 8 heteroatoms. The molecule has 0 aliphatic heterocycles. The number of esters is 2. The molecule has 0 aromatic heterocycles. The van der Waals surface area contributed by atoms with Gasteiger partial charge in [0.1, 0.15) is 12.7 Å². The van der Waals surface area contributed by atoms with Crippen molar-refractivity contribution in [1.82, 2.24) is 0 Å². The lowest BCUT2D eigenvalue weighted by Crippen LogP contribution is -2.39. The molecular weight excluding hydrogens is 512 g/mol. The zero-order chi connectivity index (χ0) is 29.1. The summed E-state index contributed by atoms with van der Waals surface area (Å²) in [4.78, 5) is 24.1. The van der Waals surface area contributed by atoms with Crippen molar-refractivity contribution in [1.29, 1.82) is 0 Å². The van der Waals surface area contributed by atoms with Crippen LogP contribution in [0.4, 0.5) is 0 Å². The Kier molecular flexibility index (Phi) is 13.7. The van der Waals surface area contributed by atoms with Crippen LogP contribution in [0.5, 0.6) is 0 Å². The lowest BCUT2D eigenvalue weighted by atomic mass is 9.60. The topological polar surface area (TPSA) is 112 Å². The van der Waals surface area contributed by atoms with Gasteiger partial charge in [-0.2, -0.15) is 0 Å². The summed E-state index contributed by atoms with van der Waals surface area (Å²) in [6.07, 6.45) is 12.4. The molecule has 0 bridgehead atoms. The maximum Gasteiger partial charge on any atom is 0.309 e. The lowest BCUT2D eigenvalue weighted by molar-refractivity contribution is -0.157. The number of hydrogen-bond acceptors (Lipinski definition) is 8. The zero-order valence-corrected chi connectivity index (χ0v) is 25.5. The van der Waals surface area contributed by atoms with E-state index in [2.05, 4.69) is 20.8 Å². The Labute approximate surface area is 241 Å². The van der Waals surface area contributed by atoms with Gasteiger partial charge in [0.05, 0.1) is 50.5 Å². The molecule has 0 aromatic carbocycles. The van der Waals surface area contributed by atoms with Crippen LogP contribution in [0.2, 0.25) is 0 Å². The summed E-state index contributed by atoms with van der Waals surface area (Å²) >= 11 is 0. The molecule has 0 spiro atoms. The number of carbonyl (C=O) groups is 2. The number of aliphatic hydroxyl groups is 2. The first-order chi connectivity index (χ1) is 19.1. The third-order valence-electron chi connectivity index (χ3n) is 10.1. The summed E-state index contributed by atoms with van der Waals surface area (Å²) in [5.74, 6) is 0.529. The largest absolute Gasteiger partial charge is 0.469 e. The van der Waals surface area contributed by atoms with Crippen molar-refractivity contribution < 1.29 is 38.7 Å². The Morgan fingerprint density at radius 3 is 1.60 bits per heavy atom. The van der Waals surface area contributed by atoms with E-state index in [1.54, 1.807) is 0 Å². The van der Waals surface area contributed by atoms with Gasteiger partial charge in [-0.05, 0) is 101 Å². The average molecular weight is 569 g/mol. The molecule has 8 nitrogen and oxygen atoms in total. The molecule has 0 radical (unpaired) electrons. The predicted octanol–water partition coefficient (Wildman–Crippen LogP) is 5.21. The molecule has 40 heavy (non-hydrogen) atoms. The number of ether oxygens (including phenoxy) is 4. The van der Waals surface area contributed by atoms with Crippen molar-refractivity contribution in [3.63, 3.8) is 0 Å². The van der Waals surface area contributed by atoms with E-state index in [0.29, 0.717) is 44.1 Å². The van der Waals surface area contributed by atoms with E-state index in [4.69, 9.17) is 18.9 Å². The molecule has 2 atom stereocenters. The molecule has 0 heterocycles. The molecular formula is C32H56O8. The smallest absolute Gasteiger partial charge is 0.309 e. The second kappa shape index (κ2) is 16.4. The van der Waals surface area contributed by atoms with Crippen molar-refractivity contribution in [2.75, 3.05) is 26.9 Å². The van der Waals surface area contributed by atoms with Gasteiger partial charge in [-0.25, -0.2) is 0 Å². The van der Waals surface area contributed by atoms with Gasteiger partial charge < -0.3 is 29.2 Å². The van der Waals surface area contributed by atoms with Crippen LogP contribution in [-0.4, -0.2) is 73.5 Å². The van der Waals surface area contributed by atoms with Crippen LogP contribution in [0.25, 0.3) is 0 Å². The maximum absolute atomic E-state index is 12.4. The van der Waals surface area contributed by atoms with Crippen LogP contribution in [0, 0.1) is 29.1 Å². The minimum Gasteiger partial charge on any atom is -0.469 e. The molecule has 3 rings (SSSR count). The standard InChI is InChI=1S/C32H56O8/c1-5-6-26(33)19-38-28-15-11-24(12-16-28)32(2,3)25-13-17-29(18-14-25)39-20-27(34)21-40-31(36)23-9-7-22(8-10-23)30(35)37-4/h22-29,33-34H,5-21H2,1-4H3. The summed E-state index contributed by atoms with van der Waals surface area (Å²) in [6, 6.07) is 0. The Morgan fingerprint density at radius 1 is 0.700 bits per heavy atom. The summed E-state index contributed by atoms with van der Waals surface area (Å²) in [7, 11) is 1.39. The highest BCUT2D eigenvalue weighted by Gasteiger charge is 2.41. The van der Waals surface area contributed by atoms with Crippen molar-refractivity contribution in [3.8, 4) is 0 Å². The van der Waals surface area contributed by atoms with Crippen LogP contribution < -0.4 is 0 Å². The highest BCUT2D eigenvalue weighted by Crippen LogP contribution is 2.49. The Hall–Kier alpha value is -1.22. The number of hydrogen-bond donors (Lipinski definition) is 2. The van der Waals surface area contributed by atoms with Crippen LogP contribution in [0.15, 0.2) is 0 Å². The van der Waals surface area contributed by atoms with Crippen LogP contribution >= 0.6 is 0 Å². The zero-order valence-electron chi connectivity index (χ0n) is 25.5. The molecule has 232 valence electrons. The second-order valence-corrected chi connectivity index (χ2v) is 13.2. The minimum absolute atomic E-state index is 0.0535. The van der Waals surface area contributed by atoms with Crippen molar-refractivity contribution in [2.24, 2.45) is 29.1 Å². The highest BCUT2D eigenvalue weighted by atomic mass is 16.6. The fraction of sp³-hybridized carbons (Fsp3) is 0.938. The maximum atomic E-state index is 12.4. The molecule has 2 unspecified atom stereocenters. The average Bonchev–Trinajstić information content (AvgIpc) is 2.98. The SMILES string of the molecule is CCCC(O)COC1CCC(C(C)(C)C2CCC(OCC(O)COC(=O)C3CCC(C(=O)OC)CC3)CC2)CC1. The monoisotopic (exact) mass is 568 g/mol. The number of aliphatic hydroxyl groups excluding tert-OH is 2. The predicted molar refractivity (Wildman–Crippen MR) is 153 cm³/mol. The third-order valence-corrected chi connectivity index (χ3v) is 10.1. The van der Waals surface area contributed by atoms with Crippen LogP contribution in [0.1, 0.15) is 111 Å². The van der Waals surface area contributed by atoms with Gasteiger partial charge in [-0.15, -0.1) is 0 Å². The van der Waals surface area contributed by atoms with Gasteiger partial charge >= 0.3 is 11.9 Å². The summed E-state index contributed by atoms with van der Waals surface area (Å²) in [5, 5.41) is 20.3. The summed E-state index contributed by atoms with van der Waals surface area (Å²) < 4.78 is 22.2. The van der Waals surface area contributed by atoms with E-state index in [1.165, 1.54) is 20.0 Å². The Morgan fingerprint density at radius 2 is 1.15 bits per heavy atom. The van der Waals surface area contributed by atoms with Crippen molar-refractivity contribution >= 4 is 11.9 Å². The Balaban J connectivity index is 1.28. The van der Waals surface area contributed by atoms with E-state index in [-0.39, 0.29) is 60.7 Å². The third kappa shape index (κ3) is 9.95. The van der Waals surface area contributed by atoms with Gasteiger partial charge in [-0.1, -0.05) is 27.2 Å². The van der Waals surface area contributed by atoms with E-state index >= 15 is 0 Å². The molecule has 3 saturated carbocycles. The first-order valence-electron chi connectivity index (χ1n) is 16.0. The van der Waals surface area contributed by atoms with E-state index in [1.807, 2.05) is 0 Å². The lowest BCUT2D eigenvalue weighted by Gasteiger charge is -2.46. The highest BCUT2D eigenvalue weighted by molar-refractivity contribution is 5.75. The molecule has 2 N–H and O–H groups in total. The van der Waals surface area contributed by atoms with E-state index < -0.39 is 6.10 Å². The van der Waals surface area contributed by atoms with Gasteiger partial charge in [0.2, 0.25) is 0 Å². The van der Waals surface area contributed by atoms with E-state index in [9.17, 15) is 19.8 Å². The number of rotatable bonds is 14. The number of methoxy groups -OCH3 is 1. The minimum atomic E-state index is -0.829. The molecule has 0 aromatic rings. The normalized spacial score (nSPS) is 31.2. The first kappa shape index (κ1) is 33.3. The molecule has 3 aliphatic carbocycles. The first-order valence-corrected chi connectivity index (χ1v) is 16.0. The van der Waals surface area contributed by atoms with Gasteiger partial charge in [-0.3, -0.25) is 9.59 Å². The fourth-order valence-corrected chi connectivity index (χ4v) is 7.27. The van der Waals surface area contributed by atoms with Crippen molar-refractivity contribution in [2.45, 2.75) is 135 Å². The Bertz CT molecular complexity index is 746. The summed E-state index contributed by atoms with van der Waals surface area (Å²) in [5.41, 5.74) is 0.279. The van der Waals surface area contributed by atoms with Crippen LogP contribution in [0.3, 0.4) is 0 Å². The summed E-state index contributed by atoms with van der Waals surface area (Å²) in [6.45, 7) is 7.56. The van der Waals surface area contributed by atoms with Crippen LogP contribution in [-0.2, 0) is 28.5 Å². The fourth-order valence-electron chi connectivity index (χ4n) is 7.27. The van der Waals surface area contributed by atoms with Gasteiger partial charge in [0, 0.05) is 0 Å². The second-order valence-electron chi connectivity index (χ2n) is 13.2. The van der Waals surface area contributed by atoms with Gasteiger partial charge in [0.15, 0.2) is 0 Å². The molecule has 3 aliphatic rings. The van der Waals surface area contributed by atoms with Crippen molar-refractivity contribution in [3.05, 3.63) is 0 Å². The van der Waals surface area contributed by atoms with Gasteiger partial charge in [0.25, 0.3) is 0 Å².